The summed E-state index contributed by atoms with van der Waals surface area (Å²) < 4.78 is 5.30. The van der Waals surface area contributed by atoms with Gasteiger partial charge in [-0.25, -0.2) is 4.79 Å². The van der Waals surface area contributed by atoms with E-state index in [-0.39, 0.29) is 13.2 Å². The van der Waals surface area contributed by atoms with Crippen LogP contribution in [0.1, 0.15) is 26.3 Å². The highest BCUT2D eigenvalue weighted by atomic mass is 35.5. The first-order valence-corrected chi connectivity index (χ1v) is 6.53. The molecule has 0 spiro atoms. The summed E-state index contributed by atoms with van der Waals surface area (Å²) in [5, 5.41) is 9.66. The van der Waals surface area contributed by atoms with Crippen molar-refractivity contribution in [2.24, 2.45) is 0 Å². The molecule has 1 amide bonds. The third-order valence-electron chi connectivity index (χ3n) is 2.28. The topological polar surface area (TPSA) is 49.8 Å². The number of rotatable bonds is 4. The fraction of sp³-hybridized carbons (Fsp3) is 0.500. The lowest BCUT2D eigenvalue weighted by molar-refractivity contribution is 0.0201. The van der Waals surface area contributed by atoms with E-state index in [1.165, 1.54) is 4.90 Å². The van der Waals surface area contributed by atoms with Crippen molar-refractivity contribution in [3.8, 4) is 0 Å². The Hall–Kier alpha value is -1.26. The minimum absolute atomic E-state index is 0.111. The van der Waals surface area contributed by atoms with Crippen molar-refractivity contribution >= 4 is 17.7 Å². The van der Waals surface area contributed by atoms with Gasteiger partial charge in [0, 0.05) is 18.1 Å². The second-order valence-corrected chi connectivity index (χ2v) is 5.69. The zero-order valence-electron chi connectivity index (χ0n) is 11.5. The fourth-order valence-electron chi connectivity index (χ4n) is 1.54. The maximum absolute atomic E-state index is 12.0. The molecule has 0 unspecified atom stereocenters. The Bertz CT molecular complexity index is 429. The van der Waals surface area contributed by atoms with E-state index in [1.54, 1.807) is 32.9 Å². The SMILES string of the molecule is CC(C)(C)OC(=O)N(CCO)Cc1cccc(Cl)c1. The van der Waals surface area contributed by atoms with Gasteiger partial charge >= 0.3 is 6.09 Å². The van der Waals surface area contributed by atoms with Crippen LogP contribution in [0.2, 0.25) is 5.02 Å². The van der Waals surface area contributed by atoms with E-state index in [4.69, 9.17) is 21.4 Å². The van der Waals surface area contributed by atoms with E-state index in [2.05, 4.69) is 0 Å². The Morgan fingerprint density at radius 3 is 2.63 bits per heavy atom. The quantitative estimate of drug-likeness (QED) is 0.925. The molecule has 0 aromatic heterocycles. The molecule has 1 rings (SSSR count). The fourth-order valence-corrected chi connectivity index (χ4v) is 1.75. The molecule has 5 heteroatoms. The van der Waals surface area contributed by atoms with Gasteiger partial charge in [-0.3, -0.25) is 0 Å². The molecule has 0 fully saturated rings. The van der Waals surface area contributed by atoms with Gasteiger partial charge in [-0.15, -0.1) is 0 Å². The second-order valence-electron chi connectivity index (χ2n) is 5.26. The largest absolute Gasteiger partial charge is 0.444 e. The van der Waals surface area contributed by atoms with Gasteiger partial charge in [0.15, 0.2) is 0 Å². The van der Waals surface area contributed by atoms with E-state index in [0.29, 0.717) is 11.6 Å². The molecule has 19 heavy (non-hydrogen) atoms. The summed E-state index contributed by atoms with van der Waals surface area (Å²) in [6, 6.07) is 7.26. The van der Waals surface area contributed by atoms with Crippen LogP contribution in [0.25, 0.3) is 0 Å². The summed E-state index contributed by atoms with van der Waals surface area (Å²) in [4.78, 5) is 13.5. The number of nitrogens with zero attached hydrogens (tertiary/aromatic N) is 1. The smallest absolute Gasteiger partial charge is 0.410 e. The van der Waals surface area contributed by atoms with Crippen LogP contribution in [0.15, 0.2) is 24.3 Å². The number of aliphatic hydroxyl groups is 1. The second kappa shape index (κ2) is 6.78. The first kappa shape index (κ1) is 15.8. The number of hydrogen-bond donors (Lipinski definition) is 1. The van der Waals surface area contributed by atoms with Crippen LogP contribution in [0, 0.1) is 0 Å². The van der Waals surface area contributed by atoms with Gasteiger partial charge < -0.3 is 14.7 Å². The minimum Gasteiger partial charge on any atom is -0.444 e. The maximum Gasteiger partial charge on any atom is 0.410 e. The highest BCUT2D eigenvalue weighted by Gasteiger charge is 2.21. The number of aliphatic hydroxyl groups excluding tert-OH is 1. The molecular weight excluding hydrogens is 266 g/mol. The van der Waals surface area contributed by atoms with Crippen molar-refractivity contribution in [3.05, 3.63) is 34.9 Å². The van der Waals surface area contributed by atoms with Crippen molar-refractivity contribution in [2.45, 2.75) is 32.9 Å². The summed E-state index contributed by atoms with van der Waals surface area (Å²) in [7, 11) is 0. The van der Waals surface area contributed by atoms with Crippen LogP contribution in [0.5, 0.6) is 0 Å². The van der Waals surface area contributed by atoms with Gasteiger partial charge in [-0.2, -0.15) is 0 Å². The first-order valence-electron chi connectivity index (χ1n) is 6.15. The number of hydrogen-bond acceptors (Lipinski definition) is 3. The number of ether oxygens (including phenoxy) is 1. The maximum atomic E-state index is 12.0. The predicted molar refractivity (Wildman–Crippen MR) is 75.2 cm³/mol. The van der Waals surface area contributed by atoms with Gasteiger partial charge in [-0.1, -0.05) is 23.7 Å². The van der Waals surface area contributed by atoms with Crippen LogP contribution in [0.3, 0.4) is 0 Å². The minimum atomic E-state index is -0.556. The van der Waals surface area contributed by atoms with Gasteiger partial charge in [-0.05, 0) is 38.5 Å². The van der Waals surface area contributed by atoms with Crippen LogP contribution in [-0.4, -0.2) is 34.9 Å². The molecule has 0 radical (unpaired) electrons. The molecule has 1 N–H and O–H groups in total. The summed E-state index contributed by atoms with van der Waals surface area (Å²) in [5.41, 5.74) is 0.339. The van der Waals surface area contributed by atoms with Gasteiger partial charge in [0.05, 0.1) is 6.61 Å². The van der Waals surface area contributed by atoms with E-state index in [9.17, 15) is 4.79 Å². The highest BCUT2D eigenvalue weighted by Crippen LogP contribution is 2.15. The highest BCUT2D eigenvalue weighted by molar-refractivity contribution is 6.30. The molecule has 0 aliphatic rings. The molecule has 0 bridgehead atoms. The Morgan fingerprint density at radius 2 is 2.11 bits per heavy atom. The number of carbonyl (C=O) groups excluding carboxylic acids is 1. The van der Waals surface area contributed by atoms with Gasteiger partial charge in [0.2, 0.25) is 0 Å². The number of amides is 1. The zero-order valence-corrected chi connectivity index (χ0v) is 12.3. The van der Waals surface area contributed by atoms with Crippen LogP contribution in [0.4, 0.5) is 4.79 Å². The molecule has 1 aromatic rings. The molecule has 0 saturated carbocycles. The molecule has 0 aliphatic heterocycles. The standard InChI is InChI=1S/C14H20ClNO3/c1-14(2,3)19-13(18)16(7-8-17)10-11-5-4-6-12(15)9-11/h4-6,9,17H,7-8,10H2,1-3H3. The third-order valence-corrected chi connectivity index (χ3v) is 2.52. The van der Waals surface area contributed by atoms with Crippen molar-refractivity contribution < 1.29 is 14.6 Å². The zero-order chi connectivity index (χ0) is 14.5. The number of halogens is 1. The Balaban J connectivity index is 2.75. The monoisotopic (exact) mass is 285 g/mol. The van der Waals surface area contributed by atoms with Crippen LogP contribution >= 0.6 is 11.6 Å². The normalized spacial score (nSPS) is 11.2. The average molecular weight is 286 g/mol. The molecule has 4 nitrogen and oxygen atoms in total. The lowest BCUT2D eigenvalue weighted by Gasteiger charge is -2.27. The molecule has 1 aromatic carbocycles. The lowest BCUT2D eigenvalue weighted by atomic mass is 10.2. The molecular formula is C14H20ClNO3. The van der Waals surface area contributed by atoms with E-state index >= 15 is 0 Å². The molecule has 0 atom stereocenters. The Kier molecular flexibility index (Phi) is 5.63. The molecule has 0 heterocycles. The number of benzene rings is 1. The summed E-state index contributed by atoms with van der Waals surface area (Å²) in [6.45, 7) is 5.89. The molecule has 106 valence electrons. The average Bonchev–Trinajstić information content (AvgIpc) is 2.26. The summed E-state index contributed by atoms with van der Waals surface area (Å²) >= 11 is 5.91. The summed E-state index contributed by atoms with van der Waals surface area (Å²) in [6.07, 6.45) is -0.443. The van der Waals surface area contributed by atoms with Crippen molar-refractivity contribution in [1.82, 2.24) is 4.90 Å². The Labute approximate surface area is 118 Å². The first-order chi connectivity index (χ1) is 8.81. The van der Waals surface area contributed by atoms with Gasteiger partial charge in [0.25, 0.3) is 0 Å². The van der Waals surface area contributed by atoms with Crippen molar-refractivity contribution in [1.29, 1.82) is 0 Å². The predicted octanol–water partition coefficient (Wildman–Crippen LogP) is 3.07. The van der Waals surface area contributed by atoms with Crippen molar-refractivity contribution in [2.75, 3.05) is 13.2 Å². The van der Waals surface area contributed by atoms with E-state index in [1.807, 2.05) is 12.1 Å². The van der Waals surface area contributed by atoms with Gasteiger partial charge in [0.1, 0.15) is 5.60 Å². The number of carbonyl (C=O) groups is 1. The van der Waals surface area contributed by atoms with Crippen LogP contribution in [-0.2, 0) is 11.3 Å². The van der Waals surface area contributed by atoms with E-state index < -0.39 is 11.7 Å². The molecule has 0 aliphatic carbocycles. The third kappa shape index (κ3) is 5.94. The van der Waals surface area contributed by atoms with E-state index in [0.717, 1.165) is 5.56 Å². The lowest BCUT2D eigenvalue weighted by Crippen LogP contribution is -2.38. The molecule has 0 saturated heterocycles. The van der Waals surface area contributed by atoms with Crippen molar-refractivity contribution in [3.63, 3.8) is 0 Å². The summed E-state index contributed by atoms with van der Waals surface area (Å²) in [5.74, 6) is 0. The Morgan fingerprint density at radius 1 is 1.42 bits per heavy atom. The van der Waals surface area contributed by atoms with Crippen LogP contribution < -0.4 is 0 Å².